The van der Waals surface area contributed by atoms with E-state index < -0.39 is 0 Å². The van der Waals surface area contributed by atoms with Crippen molar-refractivity contribution < 1.29 is 9.53 Å². The first-order valence-corrected chi connectivity index (χ1v) is 2.39. The number of rotatable bonds is 0. The van der Waals surface area contributed by atoms with E-state index in [1.807, 2.05) is 6.92 Å². The standard InChI is InChI=1S/C6H6O2/c1-2-5-3-4-6(7)8-5/h2-4H,1H3. The van der Waals surface area contributed by atoms with E-state index in [9.17, 15) is 4.79 Å². The maximum atomic E-state index is 10.3. The lowest BCUT2D eigenvalue weighted by molar-refractivity contribution is -0.132. The molecule has 1 heterocycles. The highest BCUT2D eigenvalue weighted by molar-refractivity contribution is 5.86. The van der Waals surface area contributed by atoms with Crippen LogP contribution in [0.15, 0.2) is 24.0 Å². The van der Waals surface area contributed by atoms with Crippen LogP contribution in [0.5, 0.6) is 0 Å². The van der Waals surface area contributed by atoms with Crippen LogP contribution in [0.3, 0.4) is 0 Å². The van der Waals surface area contributed by atoms with Crippen molar-refractivity contribution >= 4 is 5.97 Å². The second-order valence-electron chi connectivity index (χ2n) is 1.45. The Balaban J connectivity index is 2.73. The fraction of sp³-hybridized carbons (Fsp3) is 0.167. The Labute approximate surface area is 47.5 Å². The van der Waals surface area contributed by atoms with Crippen LogP contribution < -0.4 is 0 Å². The summed E-state index contributed by atoms with van der Waals surface area (Å²) < 4.78 is 4.62. The van der Waals surface area contributed by atoms with Crippen molar-refractivity contribution in [3.8, 4) is 0 Å². The van der Waals surface area contributed by atoms with Crippen molar-refractivity contribution in [3.05, 3.63) is 24.0 Å². The zero-order valence-corrected chi connectivity index (χ0v) is 4.55. The highest BCUT2D eigenvalue weighted by Crippen LogP contribution is 2.06. The molecule has 0 atom stereocenters. The molecule has 0 unspecified atom stereocenters. The van der Waals surface area contributed by atoms with Crippen LogP contribution in [0.1, 0.15) is 6.92 Å². The number of hydrogen-bond donors (Lipinski definition) is 0. The Morgan fingerprint density at radius 1 is 1.62 bits per heavy atom. The van der Waals surface area contributed by atoms with Gasteiger partial charge in [0.05, 0.1) is 0 Å². The van der Waals surface area contributed by atoms with Crippen LogP contribution >= 0.6 is 0 Å². The van der Waals surface area contributed by atoms with E-state index in [2.05, 4.69) is 4.74 Å². The van der Waals surface area contributed by atoms with Gasteiger partial charge in [0.2, 0.25) is 0 Å². The molecule has 0 fully saturated rings. The van der Waals surface area contributed by atoms with Gasteiger partial charge < -0.3 is 4.74 Å². The monoisotopic (exact) mass is 110 g/mol. The second kappa shape index (κ2) is 1.82. The van der Waals surface area contributed by atoms with Crippen molar-refractivity contribution in [2.24, 2.45) is 0 Å². The molecule has 0 radical (unpaired) electrons. The van der Waals surface area contributed by atoms with Crippen LogP contribution in [-0.4, -0.2) is 5.97 Å². The second-order valence-corrected chi connectivity index (χ2v) is 1.45. The van der Waals surface area contributed by atoms with Gasteiger partial charge in [0.15, 0.2) is 0 Å². The maximum absolute atomic E-state index is 10.3. The zero-order valence-electron chi connectivity index (χ0n) is 4.55. The van der Waals surface area contributed by atoms with Gasteiger partial charge in [-0.15, -0.1) is 0 Å². The third-order valence-electron chi connectivity index (χ3n) is 0.887. The summed E-state index contributed by atoms with van der Waals surface area (Å²) in [6.45, 7) is 1.82. The molecular formula is C6H6O2. The first-order valence-electron chi connectivity index (χ1n) is 2.39. The Morgan fingerprint density at radius 2 is 2.38 bits per heavy atom. The van der Waals surface area contributed by atoms with Gasteiger partial charge in [-0.3, -0.25) is 0 Å². The zero-order chi connectivity index (χ0) is 5.98. The minimum Gasteiger partial charge on any atom is -0.424 e. The molecule has 1 aliphatic heterocycles. The van der Waals surface area contributed by atoms with E-state index in [0.29, 0.717) is 5.76 Å². The summed E-state index contributed by atoms with van der Waals surface area (Å²) in [6.07, 6.45) is 4.78. The summed E-state index contributed by atoms with van der Waals surface area (Å²) in [5.41, 5.74) is 0. The molecule has 1 aliphatic rings. The lowest BCUT2D eigenvalue weighted by atomic mass is 10.4. The van der Waals surface area contributed by atoms with Crippen molar-refractivity contribution in [1.82, 2.24) is 0 Å². The molecule has 0 aliphatic carbocycles. The predicted octanol–water partition coefficient (Wildman–Crippen LogP) is 1.00. The van der Waals surface area contributed by atoms with Gasteiger partial charge in [0.25, 0.3) is 0 Å². The summed E-state index contributed by atoms with van der Waals surface area (Å²) in [7, 11) is 0. The molecule has 0 aromatic rings. The van der Waals surface area contributed by atoms with E-state index in [-0.39, 0.29) is 5.97 Å². The normalized spacial score (nSPS) is 22.1. The third-order valence-corrected chi connectivity index (χ3v) is 0.887. The van der Waals surface area contributed by atoms with Gasteiger partial charge in [-0.05, 0) is 19.1 Å². The number of hydrogen-bond acceptors (Lipinski definition) is 2. The van der Waals surface area contributed by atoms with Crippen LogP contribution in [0.2, 0.25) is 0 Å². The topological polar surface area (TPSA) is 26.3 Å². The molecule has 0 amide bonds. The fourth-order valence-corrected chi connectivity index (χ4v) is 0.490. The minimum atomic E-state index is -0.280. The maximum Gasteiger partial charge on any atom is 0.336 e. The molecule has 0 spiro atoms. The lowest BCUT2D eigenvalue weighted by Gasteiger charge is -1.89. The molecular weight excluding hydrogens is 104 g/mol. The van der Waals surface area contributed by atoms with Gasteiger partial charge in [-0.25, -0.2) is 4.79 Å². The number of esters is 1. The summed E-state index contributed by atoms with van der Waals surface area (Å²) >= 11 is 0. The average molecular weight is 110 g/mol. The predicted molar refractivity (Wildman–Crippen MR) is 29.0 cm³/mol. The smallest absolute Gasteiger partial charge is 0.336 e. The molecule has 8 heavy (non-hydrogen) atoms. The quantitative estimate of drug-likeness (QED) is 0.435. The van der Waals surface area contributed by atoms with Gasteiger partial charge in [-0.1, -0.05) is 0 Å². The summed E-state index contributed by atoms with van der Waals surface area (Å²) in [5, 5.41) is 0. The highest BCUT2D eigenvalue weighted by atomic mass is 16.5. The molecule has 0 aromatic carbocycles. The van der Waals surface area contributed by atoms with Gasteiger partial charge in [-0.2, -0.15) is 0 Å². The fourth-order valence-electron chi connectivity index (χ4n) is 0.490. The first-order chi connectivity index (χ1) is 3.83. The van der Waals surface area contributed by atoms with Crippen molar-refractivity contribution in [3.63, 3.8) is 0 Å². The molecule has 0 saturated carbocycles. The van der Waals surface area contributed by atoms with Gasteiger partial charge in [0, 0.05) is 6.08 Å². The molecule has 1 rings (SSSR count). The van der Waals surface area contributed by atoms with E-state index in [0.717, 1.165) is 0 Å². The Kier molecular flexibility index (Phi) is 1.16. The highest BCUT2D eigenvalue weighted by Gasteiger charge is 2.06. The SMILES string of the molecule is CC=C1C=CC(=O)O1. The van der Waals surface area contributed by atoms with Crippen molar-refractivity contribution in [2.45, 2.75) is 6.92 Å². The third kappa shape index (κ3) is 0.780. The molecule has 2 heteroatoms. The van der Waals surface area contributed by atoms with Gasteiger partial charge >= 0.3 is 5.97 Å². The first kappa shape index (κ1) is 5.09. The minimum absolute atomic E-state index is 0.280. The van der Waals surface area contributed by atoms with Crippen molar-refractivity contribution in [2.75, 3.05) is 0 Å². The van der Waals surface area contributed by atoms with E-state index in [1.165, 1.54) is 6.08 Å². The number of cyclic esters (lactones) is 1. The molecule has 0 N–H and O–H groups in total. The number of carbonyl (C=O) groups is 1. The number of allylic oxidation sites excluding steroid dienone is 2. The van der Waals surface area contributed by atoms with Crippen molar-refractivity contribution in [1.29, 1.82) is 0 Å². The summed E-state index contributed by atoms with van der Waals surface area (Å²) in [5.74, 6) is 0.355. The average Bonchev–Trinajstić information content (AvgIpc) is 2.14. The van der Waals surface area contributed by atoms with E-state index in [1.54, 1.807) is 12.2 Å². The van der Waals surface area contributed by atoms with E-state index in [4.69, 9.17) is 0 Å². The lowest BCUT2D eigenvalue weighted by Crippen LogP contribution is -1.88. The molecule has 42 valence electrons. The van der Waals surface area contributed by atoms with Crippen LogP contribution in [0.25, 0.3) is 0 Å². The Morgan fingerprint density at radius 3 is 2.62 bits per heavy atom. The molecule has 0 saturated heterocycles. The van der Waals surface area contributed by atoms with Gasteiger partial charge in [0.1, 0.15) is 5.76 Å². The largest absolute Gasteiger partial charge is 0.424 e. The number of carbonyl (C=O) groups excluding carboxylic acids is 1. The van der Waals surface area contributed by atoms with Crippen LogP contribution in [0, 0.1) is 0 Å². The molecule has 0 bridgehead atoms. The Bertz CT molecular complexity index is 165. The molecule has 0 aromatic heterocycles. The summed E-state index contributed by atoms with van der Waals surface area (Å²) in [4.78, 5) is 10.3. The molecule has 2 nitrogen and oxygen atoms in total. The Hall–Kier alpha value is -1.05. The number of ether oxygens (including phenoxy) is 1. The van der Waals surface area contributed by atoms with Crippen LogP contribution in [0.4, 0.5) is 0 Å². The summed E-state index contributed by atoms with van der Waals surface area (Å²) in [6, 6.07) is 0. The van der Waals surface area contributed by atoms with E-state index >= 15 is 0 Å². The van der Waals surface area contributed by atoms with Crippen LogP contribution in [-0.2, 0) is 9.53 Å².